The van der Waals surface area contributed by atoms with Crippen LogP contribution in [0.5, 0.6) is 11.5 Å². The van der Waals surface area contributed by atoms with Crippen molar-refractivity contribution in [2.24, 2.45) is 0 Å². The number of fused-ring (bicyclic) bond motifs is 3. The summed E-state index contributed by atoms with van der Waals surface area (Å²) in [6.07, 6.45) is 0. The first kappa shape index (κ1) is 17.5. The molecule has 31 heavy (non-hydrogen) atoms. The van der Waals surface area contributed by atoms with E-state index in [-0.39, 0.29) is 12.7 Å². The van der Waals surface area contributed by atoms with E-state index >= 15 is 0 Å². The number of ether oxygens (including phenoxy) is 2. The van der Waals surface area contributed by atoms with Gasteiger partial charge in [-0.15, -0.1) is 15.0 Å². The molecule has 5 aromatic rings. The Labute approximate surface area is 176 Å². The van der Waals surface area contributed by atoms with Crippen LogP contribution in [-0.4, -0.2) is 27.7 Å². The standard InChI is InChI=1S/C24H16N4O3/c29-24(16-8-11-22-23(12-16)31-14-30-22)25-17-9-10-19-20(13-17)27-28(26-19)21-7-3-5-15-4-1-2-6-18(15)21/h1-13H,14H2,(H,25,29). The predicted octanol–water partition coefficient (Wildman–Crippen LogP) is 4.55. The van der Waals surface area contributed by atoms with Gasteiger partial charge in [0.05, 0.1) is 5.69 Å². The van der Waals surface area contributed by atoms with Crippen LogP contribution < -0.4 is 14.8 Å². The normalized spacial score (nSPS) is 12.4. The van der Waals surface area contributed by atoms with Crippen LogP contribution in [0.4, 0.5) is 5.69 Å². The van der Waals surface area contributed by atoms with Crippen LogP contribution in [0, 0.1) is 0 Å². The third-order valence-corrected chi connectivity index (χ3v) is 5.26. The van der Waals surface area contributed by atoms with Crippen molar-refractivity contribution in [3.05, 3.63) is 84.4 Å². The molecule has 0 saturated heterocycles. The highest BCUT2D eigenvalue weighted by Crippen LogP contribution is 2.32. The first-order chi connectivity index (χ1) is 15.2. The van der Waals surface area contributed by atoms with Crippen LogP contribution >= 0.6 is 0 Å². The van der Waals surface area contributed by atoms with Crippen LogP contribution in [-0.2, 0) is 0 Å². The van der Waals surface area contributed by atoms with Gasteiger partial charge in [0.25, 0.3) is 5.91 Å². The summed E-state index contributed by atoms with van der Waals surface area (Å²) >= 11 is 0. The molecular weight excluding hydrogens is 392 g/mol. The van der Waals surface area contributed by atoms with Gasteiger partial charge in [0.15, 0.2) is 11.5 Å². The molecule has 1 aliphatic heterocycles. The van der Waals surface area contributed by atoms with Gasteiger partial charge in [-0.2, -0.15) is 0 Å². The molecule has 2 heterocycles. The number of rotatable bonds is 3. The maximum absolute atomic E-state index is 12.7. The number of hydrogen-bond donors (Lipinski definition) is 1. The molecule has 1 aliphatic rings. The summed E-state index contributed by atoms with van der Waals surface area (Å²) in [6, 6.07) is 24.7. The van der Waals surface area contributed by atoms with E-state index in [2.05, 4.69) is 33.7 Å². The minimum Gasteiger partial charge on any atom is -0.454 e. The van der Waals surface area contributed by atoms with Crippen LogP contribution in [0.25, 0.3) is 27.5 Å². The van der Waals surface area contributed by atoms with Gasteiger partial charge in [0, 0.05) is 16.6 Å². The molecule has 0 fully saturated rings. The summed E-state index contributed by atoms with van der Waals surface area (Å²) < 4.78 is 10.6. The fourth-order valence-electron chi connectivity index (χ4n) is 3.72. The van der Waals surface area contributed by atoms with Crippen LogP contribution in [0.3, 0.4) is 0 Å². The number of carbonyl (C=O) groups is 1. The van der Waals surface area contributed by atoms with Gasteiger partial charge in [-0.1, -0.05) is 36.4 Å². The largest absolute Gasteiger partial charge is 0.454 e. The zero-order valence-electron chi connectivity index (χ0n) is 16.3. The lowest BCUT2D eigenvalue weighted by Crippen LogP contribution is -2.11. The van der Waals surface area contributed by atoms with Gasteiger partial charge in [-0.3, -0.25) is 4.79 Å². The number of hydrogen-bond acceptors (Lipinski definition) is 5. The van der Waals surface area contributed by atoms with Crippen LogP contribution in [0.2, 0.25) is 0 Å². The summed E-state index contributed by atoms with van der Waals surface area (Å²) in [4.78, 5) is 14.3. The van der Waals surface area contributed by atoms with Crippen molar-refractivity contribution >= 4 is 33.4 Å². The average molecular weight is 408 g/mol. The molecule has 0 saturated carbocycles. The topological polar surface area (TPSA) is 78.3 Å². The van der Waals surface area contributed by atoms with E-state index < -0.39 is 0 Å². The molecule has 0 spiro atoms. The van der Waals surface area contributed by atoms with E-state index in [1.54, 1.807) is 23.0 Å². The van der Waals surface area contributed by atoms with Gasteiger partial charge in [0.2, 0.25) is 6.79 Å². The quantitative estimate of drug-likeness (QED) is 0.474. The minimum absolute atomic E-state index is 0.170. The maximum atomic E-state index is 12.7. The molecular formula is C24H16N4O3. The molecule has 1 aromatic heterocycles. The van der Waals surface area contributed by atoms with Gasteiger partial charge in [0.1, 0.15) is 11.0 Å². The van der Waals surface area contributed by atoms with Crippen molar-refractivity contribution in [1.29, 1.82) is 0 Å². The highest BCUT2D eigenvalue weighted by atomic mass is 16.7. The molecule has 0 bridgehead atoms. The first-order valence-electron chi connectivity index (χ1n) is 9.81. The minimum atomic E-state index is -0.237. The van der Waals surface area contributed by atoms with E-state index in [0.717, 1.165) is 22.0 Å². The molecule has 150 valence electrons. The van der Waals surface area contributed by atoms with Crippen molar-refractivity contribution in [3.8, 4) is 17.2 Å². The first-order valence-corrected chi connectivity index (χ1v) is 9.81. The third-order valence-electron chi connectivity index (χ3n) is 5.26. The molecule has 1 amide bonds. The van der Waals surface area contributed by atoms with E-state index in [9.17, 15) is 4.79 Å². The van der Waals surface area contributed by atoms with Crippen molar-refractivity contribution in [2.45, 2.75) is 0 Å². The molecule has 7 heteroatoms. The summed E-state index contributed by atoms with van der Waals surface area (Å²) in [5.74, 6) is 0.975. The summed E-state index contributed by atoms with van der Waals surface area (Å²) in [7, 11) is 0. The highest BCUT2D eigenvalue weighted by Gasteiger charge is 2.17. The van der Waals surface area contributed by atoms with Crippen LogP contribution in [0.15, 0.2) is 78.9 Å². The number of carbonyl (C=O) groups excluding carboxylic acids is 1. The Morgan fingerprint density at radius 2 is 1.68 bits per heavy atom. The number of amides is 1. The Hall–Kier alpha value is -4.39. The van der Waals surface area contributed by atoms with E-state index in [0.29, 0.717) is 28.3 Å². The van der Waals surface area contributed by atoms with E-state index in [1.807, 2.05) is 42.5 Å². The van der Waals surface area contributed by atoms with Crippen molar-refractivity contribution in [2.75, 3.05) is 12.1 Å². The fourth-order valence-corrected chi connectivity index (χ4v) is 3.72. The van der Waals surface area contributed by atoms with E-state index in [4.69, 9.17) is 9.47 Å². The molecule has 6 rings (SSSR count). The smallest absolute Gasteiger partial charge is 0.255 e. The van der Waals surface area contributed by atoms with Crippen LogP contribution in [0.1, 0.15) is 10.4 Å². The molecule has 7 nitrogen and oxygen atoms in total. The molecule has 0 atom stereocenters. The molecule has 4 aromatic carbocycles. The summed E-state index contributed by atoms with van der Waals surface area (Å²) in [5, 5.41) is 14.4. The third kappa shape index (κ3) is 3.03. The Morgan fingerprint density at radius 3 is 2.65 bits per heavy atom. The molecule has 1 N–H and O–H groups in total. The van der Waals surface area contributed by atoms with E-state index in [1.165, 1.54) is 0 Å². The van der Waals surface area contributed by atoms with Crippen molar-refractivity contribution < 1.29 is 14.3 Å². The Bertz CT molecular complexity index is 1470. The van der Waals surface area contributed by atoms with Gasteiger partial charge < -0.3 is 14.8 Å². The summed E-state index contributed by atoms with van der Waals surface area (Å²) in [6.45, 7) is 0.170. The number of nitrogens with one attached hydrogen (secondary N) is 1. The zero-order chi connectivity index (χ0) is 20.8. The lowest BCUT2D eigenvalue weighted by Gasteiger charge is -2.05. The summed E-state index contributed by atoms with van der Waals surface area (Å²) in [5.41, 5.74) is 3.47. The Balaban J connectivity index is 1.32. The number of benzene rings is 4. The van der Waals surface area contributed by atoms with Gasteiger partial charge in [-0.05, 0) is 47.9 Å². The lowest BCUT2D eigenvalue weighted by atomic mass is 10.1. The number of aromatic nitrogens is 3. The second kappa shape index (κ2) is 6.84. The van der Waals surface area contributed by atoms with Gasteiger partial charge >= 0.3 is 0 Å². The maximum Gasteiger partial charge on any atom is 0.255 e. The van der Waals surface area contributed by atoms with Gasteiger partial charge in [-0.25, -0.2) is 0 Å². The zero-order valence-corrected chi connectivity index (χ0v) is 16.3. The highest BCUT2D eigenvalue weighted by molar-refractivity contribution is 6.05. The predicted molar refractivity (Wildman–Crippen MR) is 117 cm³/mol. The Morgan fingerprint density at radius 1 is 0.839 bits per heavy atom. The monoisotopic (exact) mass is 408 g/mol. The SMILES string of the molecule is O=C(Nc1ccc2nn(-c3cccc4ccccc34)nc2c1)c1ccc2c(c1)OCO2. The Kier molecular flexibility index (Phi) is 3.86. The fraction of sp³-hybridized carbons (Fsp3) is 0.0417. The van der Waals surface area contributed by atoms with Crippen molar-refractivity contribution in [1.82, 2.24) is 15.0 Å². The lowest BCUT2D eigenvalue weighted by molar-refractivity contribution is 0.102. The van der Waals surface area contributed by atoms with Crippen molar-refractivity contribution in [3.63, 3.8) is 0 Å². The second-order valence-electron chi connectivity index (χ2n) is 7.21. The second-order valence-corrected chi connectivity index (χ2v) is 7.21. The molecule has 0 radical (unpaired) electrons. The molecule has 0 aliphatic carbocycles. The number of anilines is 1. The average Bonchev–Trinajstić information content (AvgIpc) is 3.44. The molecule has 0 unspecified atom stereocenters. The number of nitrogens with zero attached hydrogens (tertiary/aromatic N) is 3.